The molecule has 190 valence electrons. The Hall–Kier alpha value is -3.43. The molecular weight excluding hydrogens is 494 g/mol. The molecule has 0 aliphatic rings. The second kappa shape index (κ2) is 12.0. The summed E-state index contributed by atoms with van der Waals surface area (Å²) in [5.74, 6) is 0.773. The van der Waals surface area contributed by atoms with Crippen molar-refractivity contribution in [2.45, 2.75) is 39.0 Å². The molecule has 0 aromatic heterocycles. The van der Waals surface area contributed by atoms with Gasteiger partial charge in [0.2, 0.25) is 0 Å². The van der Waals surface area contributed by atoms with Crippen LogP contribution in [-0.4, -0.2) is 26.0 Å². The summed E-state index contributed by atoms with van der Waals surface area (Å²) < 4.78 is 34.1. The van der Waals surface area contributed by atoms with Gasteiger partial charge in [-0.3, -0.25) is 14.8 Å². The molecule has 0 spiro atoms. The maximum atomic E-state index is 12.8. The van der Waals surface area contributed by atoms with E-state index in [0.717, 1.165) is 17.5 Å². The van der Waals surface area contributed by atoms with Crippen LogP contribution in [0.15, 0.2) is 71.6 Å². The lowest BCUT2D eigenvalue weighted by atomic mass is 10.1. The molecule has 3 N–H and O–H groups in total. The van der Waals surface area contributed by atoms with Crippen molar-refractivity contribution in [3.63, 3.8) is 0 Å². The SMILES string of the molecule is Cc1cccc(C)c1NS(=O)(=O)c1ccc(NC(=S)NC(=O)c2cccc(OCCC(C)C)c2)cc1. The van der Waals surface area contributed by atoms with Gasteiger partial charge in [-0.2, -0.15) is 0 Å². The van der Waals surface area contributed by atoms with Crippen LogP contribution in [0, 0.1) is 19.8 Å². The molecule has 0 atom stereocenters. The van der Waals surface area contributed by atoms with Crippen LogP contribution in [0.1, 0.15) is 41.8 Å². The van der Waals surface area contributed by atoms with Crippen LogP contribution in [0.4, 0.5) is 11.4 Å². The lowest BCUT2D eigenvalue weighted by Gasteiger charge is -2.14. The van der Waals surface area contributed by atoms with Gasteiger partial charge >= 0.3 is 0 Å². The molecule has 0 bridgehead atoms. The van der Waals surface area contributed by atoms with Gasteiger partial charge in [0, 0.05) is 11.3 Å². The molecule has 0 heterocycles. The van der Waals surface area contributed by atoms with Crippen LogP contribution in [-0.2, 0) is 10.0 Å². The number of aryl methyl sites for hydroxylation is 2. The summed E-state index contributed by atoms with van der Waals surface area (Å²) in [6.45, 7) is 8.52. The van der Waals surface area contributed by atoms with Gasteiger partial charge in [-0.05, 0) is 92.0 Å². The van der Waals surface area contributed by atoms with Gasteiger partial charge in [0.15, 0.2) is 5.11 Å². The van der Waals surface area contributed by atoms with Crippen molar-refractivity contribution in [3.05, 3.63) is 83.4 Å². The number of rotatable bonds is 9. The van der Waals surface area contributed by atoms with E-state index in [9.17, 15) is 13.2 Å². The summed E-state index contributed by atoms with van der Waals surface area (Å²) in [4.78, 5) is 12.7. The number of thiocarbonyl (C=S) groups is 1. The summed E-state index contributed by atoms with van der Waals surface area (Å²) in [7, 11) is -3.77. The van der Waals surface area contributed by atoms with Crippen molar-refractivity contribution in [3.8, 4) is 5.75 Å². The molecule has 3 aromatic carbocycles. The molecule has 0 radical (unpaired) electrons. The summed E-state index contributed by atoms with van der Waals surface area (Å²) >= 11 is 5.26. The minimum Gasteiger partial charge on any atom is -0.494 e. The van der Waals surface area contributed by atoms with Crippen molar-refractivity contribution in [2.75, 3.05) is 16.6 Å². The number of nitrogens with one attached hydrogen (secondary N) is 3. The molecule has 0 saturated heterocycles. The fourth-order valence-corrected chi connectivity index (χ4v) is 4.78. The molecule has 0 unspecified atom stereocenters. The Labute approximate surface area is 218 Å². The molecule has 7 nitrogen and oxygen atoms in total. The quantitative estimate of drug-likeness (QED) is 0.312. The predicted octanol–water partition coefficient (Wildman–Crippen LogP) is 5.66. The molecule has 0 aliphatic heterocycles. The first-order chi connectivity index (χ1) is 17.0. The molecule has 3 aromatic rings. The average molecular weight is 526 g/mol. The zero-order chi connectivity index (χ0) is 26.3. The van der Waals surface area contributed by atoms with Crippen LogP contribution >= 0.6 is 12.2 Å². The number of hydrogen-bond donors (Lipinski definition) is 3. The maximum Gasteiger partial charge on any atom is 0.261 e. The monoisotopic (exact) mass is 525 g/mol. The highest BCUT2D eigenvalue weighted by molar-refractivity contribution is 7.92. The third-order valence-corrected chi connectivity index (χ3v) is 7.00. The van der Waals surface area contributed by atoms with Crippen LogP contribution in [0.2, 0.25) is 0 Å². The van der Waals surface area contributed by atoms with Gasteiger partial charge in [0.05, 0.1) is 17.2 Å². The smallest absolute Gasteiger partial charge is 0.261 e. The molecule has 36 heavy (non-hydrogen) atoms. The van der Waals surface area contributed by atoms with E-state index in [2.05, 4.69) is 29.2 Å². The van der Waals surface area contributed by atoms with Gasteiger partial charge in [0.1, 0.15) is 5.75 Å². The number of anilines is 2. The van der Waals surface area contributed by atoms with Crippen molar-refractivity contribution < 1.29 is 17.9 Å². The number of benzene rings is 3. The van der Waals surface area contributed by atoms with Crippen LogP contribution in [0.5, 0.6) is 5.75 Å². The topological polar surface area (TPSA) is 96.5 Å². The number of amides is 1. The zero-order valence-electron chi connectivity index (χ0n) is 20.8. The van der Waals surface area contributed by atoms with E-state index >= 15 is 0 Å². The lowest BCUT2D eigenvalue weighted by Crippen LogP contribution is -2.34. The molecule has 9 heteroatoms. The van der Waals surface area contributed by atoms with E-state index in [1.807, 2.05) is 32.0 Å². The fourth-order valence-electron chi connectivity index (χ4n) is 3.36. The number of carbonyl (C=O) groups excluding carboxylic acids is 1. The number of carbonyl (C=O) groups is 1. The van der Waals surface area contributed by atoms with Gasteiger partial charge in [-0.1, -0.05) is 38.1 Å². The molecule has 3 rings (SSSR count). The summed E-state index contributed by atoms with van der Waals surface area (Å²) in [6, 6.07) is 18.6. The maximum absolute atomic E-state index is 12.8. The Balaban J connectivity index is 1.59. The Morgan fingerprint density at radius 1 is 0.972 bits per heavy atom. The van der Waals surface area contributed by atoms with E-state index in [-0.39, 0.29) is 15.9 Å². The van der Waals surface area contributed by atoms with E-state index in [0.29, 0.717) is 35.2 Å². The number of hydrogen-bond acceptors (Lipinski definition) is 5. The van der Waals surface area contributed by atoms with Crippen molar-refractivity contribution in [1.82, 2.24) is 5.32 Å². The number of sulfonamides is 1. The lowest BCUT2D eigenvalue weighted by molar-refractivity contribution is 0.0977. The summed E-state index contributed by atoms with van der Waals surface area (Å²) in [5, 5.41) is 5.63. The standard InChI is InChI=1S/C27H31N3O4S2/c1-18(2)15-16-34-23-10-6-9-21(17-23)26(31)29-27(35)28-22-11-13-24(14-12-22)36(32,33)30-25-19(3)7-5-8-20(25)4/h5-14,17-18,30H,15-16H2,1-4H3,(H2,28,29,31,35). The van der Waals surface area contributed by atoms with Crippen LogP contribution < -0.4 is 20.1 Å². The first kappa shape index (κ1) is 27.2. The van der Waals surface area contributed by atoms with E-state index in [4.69, 9.17) is 17.0 Å². The first-order valence-corrected chi connectivity index (χ1v) is 13.5. The van der Waals surface area contributed by atoms with Gasteiger partial charge in [-0.25, -0.2) is 8.42 Å². The second-order valence-electron chi connectivity index (χ2n) is 8.86. The molecule has 0 fully saturated rings. The molecule has 0 aliphatic carbocycles. The normalized spacial score (nSPS) is 11.1. The fraction of sp³-hybridized carbons (Fsp3) is 0.259. The minimum atomic E-state index is -3.77. The Kier molecular flexibility index (Phi) is 9.06. The van der Waals surface area contributed by atoms with Gasteiger partial charge in [-0.15, -0.1) is 0 Å². The zero-order valence-corrected chi connectivity index (χ0v) is 22.4. The Morgan fingerprint density at radius 3 is 2.25 bits per heavy atom. The van der Waals surface area contributed by atoms with Crippen LogP contribution in [0.3, 0.4) is 0 Å². The highest BCUT2D eigenvalue weighted by Gasteiger charge is 2.17. The van der Waals surface area contributed by atoms with E-state index in [1.54, 1.807) is 36.4 Å². The van der Waals surface area contributed by atoms with Crippen molar-refractivity contribution in [2.24, 2.45) is 5.92 Å². The van der Waals surface area contributed by atoms with Gasteiger partial charge < -0.3 is 10.1 Å². The number of para-hydroxylation sites is 1. The largest absolute Gasteiger partial charge is 0.494 e. The van der Waals surface area contributed by atoms with Crippen molar-refractivity contribution >= 4 is 44.6 Å². The number of ether oxygens (including phenoxy) is 1. The molecular formula is C27H31N3O4S2. The molecule has 1 amide bonds. The third-order valence-electron chi connectivity index (χ3n) is 5.43. The third kappa shape index (κ3) is 7.53. The van der Waals surface area contributed by atoms with E-state index < -0.39 is 10.0 Å². The van der Waals surface area contributed by atoms with Crippen molar-refractivity contribution in [1.29, 1.82) is 0 Å². The minimum absolute atomic E-state index is 0.0930. The predicted molar refractivity (Wildman–Crippen MR) is 148 cm³/mol. The summed E-state index contributed by atoms with van der Waals surface area (Å²) in [5.41, 5.74) is 3.20. The highest BCUT2D eigenvalue weighted by atomic mass is 32.2. The van der Waals surface area contributed by atoms with Crippen LogP contribution in [0.25, 0.3) is 0 Å². The Morgan fingerprint density at radius 2 is 1.61 bits per heavy atom. The van der Waals surface area contributed by atoms with Gasteiger partial charge in [0.25, 0.3) is 15.9 Å². The average Bonchev–Trinajstić information content (AvgIpc) is 2.82. The Bertz CT molecular complexity index is 1320. The molecule has 0 saturated carbocycles. The highest BCUT2D eigenvalue weighted by Crippen LogP contribution is 2.24. The van der Waals surface area contributed by atoms with E-state index in [1.165, 1.54) is 12.1 Å². The first-order valence-electron chi connectivity index (χ1n) is 11.6. The second-order valence-corrected chi connectivity index (χ2v) is 11.0. The summed E-state index contributed by atoms with van der Waals surface area (Å²) in [6.07, 6.45) is 0.923.